The number of hydrogen-bond donors (Lipinski definition) is 2. The van der Waals surface area contributed by atoms with E-state index in [4.69, 9.17) is 10.2 Å². The van der Waals surface area contributed by atoms with Crippen LogP contribution in [0.1, 0.15) is 5.82 Å². The third-order valence-electron chi connectivity index (χ3n) is 3.80. The van der Waals surface area contributed by atoms with Crippen LogP contribution in [0.2, 0.25) is 0 Å². The minimum atomic E-state index is -3.80. The minimum absolute atomic E-state index is 0.00603. The molecule has 12 heteroatoms. The van der Waals surface area contributed by atoms with E-state index in [9.17, 15) is 13.2 Å². The predicted octanol–water partition coefficient (Wildman–Crippen LogP) is -0.514. The predicted molar refractivity (Wildman–Crippen MR) is 98.9 cm³/mol. The van der Waals surface area contributed by atoms with E-state index >= 15 is 0 Å². The number of nitrogens with zero attached hydrogens (tertiary/aromatic N) is 5. The van der Waals surface area contributed by atoms with Crippen LogP contribution < -0.4 is 21.1 Å². The fourth-order valence-corrected chi connectivity index (χ4v) is 3.45. The van der Waals surface area contributed by atoms with Crippen molar-refractivity contribution in [1.29, 1.82) is 0 Å². The van der Waals surface area contributed by atoms with Crippen molar-refractivity contribution in [3.8, 4) is 0 Å². The summed E-state index contributed by atoms with van der Waals surface area (Å²) in [5.41, 5.74) is 6.36. The first-order chi connectivity index (χ1) is 12.7. The van der Waals surface area contributed by atoms with E-state index < -0.39 is 15.8 Å². The van der Waals surface area contributed by atoms with Crippen molar-refractivity contribution < 1.29 is 12.8 Å². The number of fused-ring (bicyclic) bond motifs is 1. The molecule has 1 aromatic carbocycles. The SMILES string of the molecule is CN(C)c1nc(N)nc(CCNS(=O)(=O)c2ccc3c(c2)oc(=O)n3C)n1. The van der Waals surface area contributed by atoms with Gasteiger partial charge in [-0.05, 0) is 12.1 Å². The fourth-order valence-electron chi connectivity index (χ4n) is 2.40. The smallest absolute Gasteiger partial charge is 0.408 e. The zero-order valence-electron chi connectivity index (χ0n) is 15.0. The summed E-state index contributed by atoms with van der Waals surface area (Å²) < 4.78 is 33.7. The Morgan fingerprint density at radius 2 is 2.00 bits per heavy atom. The maximum Gasteiger partial charge on any atom is 0.419 e. The molecule has 0 unspecified atom stereocenters. The Kier molecular flexibility index (Phi) is 4.85. The number of aromatic nitrogens is 4. The molecule has 0 fully saturated rings. The van der Waals surface area contributed by atoms with Crippen LogP contribution >= 0.6 is 0 Å². The maximum atomic E-state index is 12.5. The van der Waals surface area contributed by atoms with Gasteiger partial charge < -0.3 is 15.1 Å². The van der Waals surface area contributed by atoms with Gasteiger partial charge in [-0.3, -0.25) is 4.57 Å². The molecule has 144 valence electrons. The Balaban J connectivity index is 1.75. The molecule has 3 rings (SSSR count). The van der Waals surface area contributed by atoms with E-state index in [0.29, 0.717) is 17.3 Å². The van der Waals surface area contributed by atoms with Crippen molar-refractivity contribution in [2.45, 2.75) is 11.3 Å². The molecule has 2 aromatic heterocycles. The summed E-state index contributed by atoms with van der Waals surface area (Å²) in [5.74, 6) is 0.274. The molecule has 2 heterocycles. The number of oxazole rings is 1. The first-order valence-electron chi connectivity index (χ1n) is 7.94. The molecule has 0 aliphatic carbocycles. The second-order valence-corrected chi connectivity index (χ2v) is 7.78. The van der Waals surface area contributed by atoms with Crippen molar-refractivity contribution in [3.05, 3.63) is 34.6 Å². The van der Waals surface area contributed by atoms with Crippen LogP contribution in [0.5, 0.6) is 0 Å². The molecule has 0 saturated carbocycles. The average molecular weight is 393 g/mol. The number of benzene rings is 1. The summed E-state index contributed by atoms with van der Waals surface area (Å²) in [7, 11) is 1.27. The largest absolute Gasteiger partial charge is 0.419 e. The highest BCUT2D eigenvalue weighted by Gasteiger charge is 2.17. The molecule has 0 bridgehead atoms. The van der Waals surface area contributed by atoms with E-state index in [1.165, 1.54) is 22.8 Å². The fraction of sp³-hybridized carbons (Fsp3) is 0.333. The van der Waals surface area contributed by atoms with Gasteiger partial charge in [0.25, 0.3) is 0 Å². The van der Waals surface area contributed by atoms with E-state index in [1.54, 1.807) is 26.0 Å². The number of aryl methyl sites for hydroxylation is 1. The first kappa shape index (κ1) is 18.8. The van der Waals surface area contributed by atoms with Gasteiger partial charge in [0.15, 0.2) is 5.58 Å². The highest BCUT2D eigenvalue weighted by atomic mass is 32.2. The topological polar surface area (TPSA) is 149 Å². The van der Waals surface area contributed by atoms with Gasteiger partial charge in [0, 0.05) is 40.2 Å². The van der Waals surface area contributed by atoms with Crippen molar-refractivity contribution in [3.63, 3.8) is 0 Å². The summed E-state index contributed by atoms with van der Waals surface area (Å²) in [5, 5.41) is 0. The Labute approximate surface area is 154 Å². The van der Waals surface area contributed by atoms with E-state index in [-0.39, 0.29) is 29.4 Å². The first-order valence-corrected chi connectivity index (χ1v) is 9.43. The molecule has 0 aliphatic heterocycles. The summed E-state index contributed by atoms with van der Waals surface area (Å²) >= 11 is 0. The van der Waals surface area contributed by atoms with Crippen molar-refractivity contribution in [1.82, 2.24) is 24.2 Å². The highest BCUT2D eigenvalue weighted by Crippen LogP contribution is 2.17. The number of anilines is 2. The van der Waals surface area contributed by atoms with Crippen LogP contribution in [0.25, 0.3) is 11.1 Å². The van der Waals surface area contributed by atoms with Crippen LogP contribution in [0.3, 0.4) is 0 Å². The quantitative estimate of drug-likeness (QED) is 0.564. The Hall–Kier alpha value is -2.99. The normalized spacial score (nSPS) is 11.8. The standard InChI is InChI=1S/C15H19N7O4S/c1-21(2)14-19-12(18-13(16)20-14)6-7-17-27(24,25)9-4-5-10-11(8-9)26-15(23)22(10)3/h4-5,8,17H,6-7H2,1-3H3,(H2,16,18,19,20). The van der Waals surface area contributed by atoms with Gasteiger partial charge in [-0.2, -0.15) is 15.0 Å². The van der Waals surface area contributed by atoms with E-state index in [2.05, 4.69) is 19.7 Å². The second-order valence-electron chi connectivity index (χ2n) is 6.01. The summed E-state index contributed by atoms with van der Waals surface area (Å²) in [6, 6.07) is 4.24. The van der Waals surface area contributed by atoms with Crippen LogP contribution in [0, 0.1) is 0 Å². The zero-order valence-corrected chi connectivity index (χ0v) is 15.8. The number of nitrogen functional groups attached to an aromatic ring is 1. The molecule has 0 atom stereocenters. The van der Waals surface area contributed by atoms with Gasteiger partial charge in [-0.25, -0.2) is 17.9 Å². The molecular formula is C15H19N7O4S. The van der Waals surface area contributed by atoms with Gasteiger partial charge in [0.1, 0.15) is 5.82 Å². The third kappa shape index (κ3) is 3.90. The molecule has 0 aliphatic rings. The lowest BCUT2D eigenvalue weighted by Gasteiger charge is -2.11. The lowest BCUT2D eigenvalue weighted by molar-refractivity contribution is 0.527. The summed E-state index contributed by atoms with van der Waals surface area (Å²) in [6.07, 6.45) is 0.232. The van der Waals surface area contributed by atoms with Crippen LogP contribution in [0.4, 0.5) is 11.9 Å². The van der Waals surface area contributed by atoms with Crippen molar-refractivity contribution in [2.24, 2.45) is 7.05 Å². The van der Waals surface area contributed by atoms with Gasteiger partial charge >= 0.3 is 5.76 Å². The molecule has 11 nitrogen and oxygen atoms in total. The zero-order chi connectivity index (χ0) is 19.8. The minimum Gasteiger partial charge on any atom is -0.408 e. The molecular weight excluding hydrogens is 374 g/mol. The van der Waals surface area contributed by atoms with Crippen LogP contribution in [-0.4, -0.2) is 48.6 Å². The molecule has 3 N–H and O–H groups in total. The number of nitrogens with one attached hydrogen (secondary N) is 1. The maximum absolute atomic E-state index is 12.5. The van der Waals surface area contributed by atoms with E-state index in [1.807, 2.05) is 0 Å². The molecule has 0 saturated heterocycles. The Bertz CT molecular complexity index is 1150. The van der Waals surface area contributed by atoms with Gasteiger partial charge in [-0.15, -0.1) is 0 Å². The average Bonchev–Trinajstić information content (AvgIpc) is 2.88. The molecule has 3 aromatic rings. The number of hydrogen-bond acceptors (Lipinski definition) is 9. The van der Waals surface area contributed by atoms with Crippen LogP contribution in [0.15, 0.2) is 32.3 Å². The number of rotatable bonds is 6. The molecule has 0 amide bonds. The van der Waals surface area contributed by atoms with Crippen molar-refractivity contribution >= 4 is 33.0 Å². The lowest BCUT2D eigenvalue weighted by Crippen LogP contribution is -2.27. The lowest BCUT2D eigenvalue weighted by atomic mass is 10.3. The van der Waals surface area contributed by atoms with Crippen molar-refractivity contribution in [2.75, 3.05) is 31.3 Å². The van der Waals surface area contributed by atoms with E-state index in [0.717, 1.165) is 0 Å². The third-order valence-corrected chi connectivity index (χ3v) is 5.26. The molecule has 27 heavy (non-hydrogen) atoms. The van der Waals surface area contributed by atoms with Gasteiger partial charge in [0.2, 0.25) is 21.9 Å². The van der Waals surface area contributed by atoms with Crippen LogP contribution in [-0.2, 0) is 23.5 Å². The Morgan fingerprint density at radius 3 is 2.70 bits per heavy atom. The Morgan fingerprint density at radius 1 is 1.26 bits per heavy atom. The van der Waals surface area contributed by atoms with Gasteiger partial charge in [-0.1, -0.05) is 0 Å². The second kappa shape index (κ2) is 6.96. The monoisotopic (exact) mass is 393 g/mol. The molecule has 0 spiro atoms. The van der Waals surface area contributed by atoms with Gasteiger partial charge in [0.05, 0.1) is 10.4 Å². The number of sulfonamides is 1. The molecule has 0 radical (unpaired) electrons. The summed E-state index contributed by atoms with van der Waals surface area (Å²) in [6.45, 7) is 0.0649. The summed E-state index contributed by atoms with van der Waals surface area (Å²) in [4.78, 5) is 25.4. The number of nitrogens with two attached hydrogens (primary N) is 1. The highest BCUT2D eigenvalue weighted by molar-refractivity contribution is 7.89.